The highest BCUT2D eigenvalue weighted by Gasteiger charge is 2.32. The number of carbonyl (C=O) groups excluding carboxylic acids is 2. The van der Waals surface area contributed by atoms with Gasteiger partial charge in [-0.3, -0.25) is 9.59 Å². The number of carbonyl (C=O) groups is 2. The molecule has 0 saturated carbocycles. The van der Waals surface area contributed by atoms with Crippen molar-refractivity contribution < 1.29 is 9.59 Å². The van der Waals surface area contributed by atoms with Crippen LogP contribution in [-0.4, -0.2) is 40.3 Å². The van der Waals surface area contributed by atoms with Crippen molar-refractivity contribution in [2.24, 2.45) is 11.7 Å². The van der Waals surface area contributed by atoms with Gasteiger partial charge in [-0.2, -0.15) is 0 Å². The van der Waals surface area contributed by atoms with Gasteiger partial charge in [0.25, 0.3) is 0 Å². The first-order chi connectivity index (χ1) is 10.3. The van der Waals surface area contributed by atoms with E-state index in [1.807, 2.05) is 0 Å². The molecule has 0 unspecified atom stereocenters. The first-order valence-corrected chi connectivity index (χ1v) is 7.66. The summed E-state index contributed by atoms with van der Waals surface area (Å²) < 4.78 is 0. The van der Waals surface area contributed by atoms with Gasteiger partial charge in [-0.1, -0.05) is 11.6 Å². The van der Waals surface area contributed by atoms with Crippen LogP contribution in [-0.2, 0) is 9.59 Å². The number of nitrogens with one attached hydrogen (secondary N) is 1. The predicted molar refractivity (Wildman–Crippen MR) is 99.9 cm³/mol. The summed E-state index contributed by atoms with van der Waals surface area (Å²) in [5.74, 6) is 0.207. The van der Waals surface area contributed by atoms with Gasteiger partial charge in [0.05, 0.1) is 10.6 Å². The molecule has 1 saturated heterocycles. The Balaban J connectivity index is 0.00000264. The topological polar surface area (TPSA) is 88.3 Å². The summed E-state index contributed by atoms with van der Waals surface area (Å²) in [6.45, 7) is 4.48. The van der Waals surface area contributed by atoms with Crippen LogP contribution in [0.3, 0.4) is 0 Å². The molecule has 2 amide bonds. The molecule has 1 aromatic rings. The Morgan fingerprint density at radius 2 is 1.88 bits per heavy atom. The lowest BCUT2D eigenvalue weighted by atomic mass is 9.94. The molecule has 1 aliphatic heterocycles. The summed E-state index contributed by atoms with van der Waals surface area (Å²) in [4.78, 5) is 30.1. The van der Waals surface area contributed by atoms with Gasteiger partial charge in [-0.05, 0) is 38.8 Å². The van der Waals surface area contributed by atoms with E-state index in [1.165, 1.54) is 6.20 Å². The number of piperidine rings is 1. The fourth-order valence-corrected chi connectivity index (χ4v) is 2.54. The van der Waals surface area contributed by atoms with Crippen molar-refractivity contribution in [2.75, 3.05) is 18.4 Å². The van der Waals surface area contributed by atoms with Crippen LogP contribution >= 0.6 is 36.4 Å². The lowest BCUT2D eigenvalue weighted by molar-refractivity contribution is -0.138. The number of halogens is 3. The van der Waals surface area contributed by atoms with E-state index in [4.69, 9.17) is 17.3 Å². The van der Waals surface area contributed by atoms with Crippen molar-refractivity contribution in [1.29, 1.82) is 0 Å². The second-order valence-electron chi connectivity index (χ2n) is 6.14. The third kappa shape index (κ3) is 6.09. The van der Waals surface area contributed by atoms with Gasteiger partial charge < -0.3 is 16.0 Å². The second kappa shape index (κ2) is 9.42. The van der Waals surface area contributed by atoms with E-state index in [9.17, 15) is 9.59 Å². The van der Waals surface area contributed by atoms with Crippen LogP contribution in [0.25, 0.3) is 0 Å². The Morgan fingerprint density at radius 1 is 1.29 bits per heavy atom. The number of hydrogen-bond donors (Lipinski definition) is 2. The maximum atomic E-state index is 12.2. The molecule has 1 aromatic heterocycles. The van der Waals surface area contributed by atoms with Crippen LogP contribution in [0, 0.1) is 5.92 Å². The molecular weight excluding hydrogens is 375 g/mol. The van der Waals surface area contributed by atoms with Gasteiger partial charge in [0.1, 0.15) is 5.82 Å². The van der Waals surface area contributed by atoms with Gasteiger partial charge in [-0.25, -0.2) is 4.98 Å². The van der Waals surface area contributed by atoms with Gasteiger partial charge in [0, 0.05) is 25.2 Å². The number of nitrogens with two attached hydrogens (primary N) is 1. The molecule has 1 aliphatic rings. The minimum absolute atomic E-state index is 0. The average molecular weight is 398 g/mol. The smallest absolute Gasteiger partial charge is 0.242 e. The van der Waals surface area contributed by atoms with E-state index < -0.39 is 5.54 Å². The second-order valence-corrected chi connectivity index (χ2v) is 6.58. The molecule has 0 bridgehead atoms. The zero-order chi connectivity index (χ0) is 16.3. The van der Waals surface area contributed by atoms with E-state index in [2.05, 4.69) is 10.3 Å². The normalized spacial score (nSPS) is 15.1. The molecule has 0 aliphatic carbocycles. The summed E-state index contributed by atoms with van der Waals surface area (Å²) in [6.07, 6.45) is 2.74. The van der Waals surface area contributed by atoms with Gasteiger partial charge >= 0.3 is 0 Å². The van der Waals surface area contributed by atoms with Crippen LogP contribution in [0.2, 0.25) is 5.02 Å². The first-order valence-electron chi connectivity index (χ1n) is 7.28. The molecular formula is C15H23Cl3N4O2. The van der Waals surface area contributed by atoms with Crippen LogP contribution in [0.1, 0.15) is 26.7 Å². The number of aromatic nitrogens is 1. The molecule has 0 atom stereocenters. The fraction of sp³-hybridized carbons (Fsp3) is 0.533. The zero-order valence-corrected chi connectivity index (χ0v) is 16.0. The van der Waals surface area contributed by atoms with Gasteiger partial charge in [0.15, 0.2) is 0 Å². The van der Waals surface area contributed by atoms with Crippen molar-refractivity contribution in [2.45, 2.75) is 32.2 Å². The molecule has 136 valence electrons. The monoisotopic (exact) mass is 396 g/mol. The highest BCUT2D eigenvalue weighted by Crippen LogP contribution is 2.21. The number of pyridine rings is 1. The quantitative estimate of drug-likeness (QED) is 0.820. The van der Waals surface area contributed by atoms with Crippen molar-refractivity contribution in [3.05, 3.63) is 23.4 Å². The minimum Gasteiger partial charge on any atom is -0.341 e. The van der Waals surface area contributed by atoms with E-state index in [0.717, 1.165) is 0 Å². The SMILES string of the molecule is CC(C)(N)C(=O)N1CCC(C(=O)Nc2ccc(Cl)cn2)CC1.Cl.Cl. The summed E-state index contributed by atoms with van der Waals surface area (Å²) >= 11 is 5.76. The standard InChI is InChI=1S/C15H21ClN4O2.2ClH/c1-15(2,17)14(22)20-7-5-10(6-8-20)13(21)19-12-4-3-11(16)9-18-12;;/h3-4,9-10H,5-8,17H2,1-2H3,(H,18,19,21);2*1H. The van der Waals surface area contributed by atoms with Crippen molar-refractivity contribution >= 4 is 54.0 Å². The number of nitrogens with zero attached hydrogens (tertiary/aromatic N) is 2. The van der Waals surface area contributed by atoms with E-state index in [0.29, 0.717) is 36.8 Å². The Morgan fingerprint density at radius 3 is 2.33 bits per heavy atom. The fourth-order valence-electron chi connectivity index (χ4n) is 2.43. The maximum Gasteiger partial charge on any atom is 0.242 e. The van der Waals surface area contributed by atoms with Crippen LogP contribution in [0.15, 0.2) is 18.3 Å². The highest BCUT2D eigenvalue weighted by atomic mass is 35.5. The number of anilines is 1. The highest BCUT2D eigenvalue weighted by molar-refractivity contribution is 6.30. The summed E-state index contributed by atoms with van der Waals surface area (Å²) in [7, 11) is 0. The molecule has 0 radical (unpaired) electrons. The van der Waals surface area contributed by atoms with Gasteiger partial charge in [0.2, 0.25) is 11.8 Å². The lowest BCUT2D eigenvalue weighted by Gasteiger charge is -2.35. The molecule has 2 rings (SSSR count). The summed E-state index contributed by atoms with van der Waals surface area (Å²) in [5, 5.41) is 3.30. The molecule has 9 heteroatoms. The molecule has 3 N–H and O–H groups in total. The summed E-state index contributed by atoms with van der Waals surface area (Å²) in [6, 6.07) is 3.34. The first kappa shape index (κ1) is 22.9. The molecule has 0 spiro atoms. The Bertz CT molecular complexity index is 553. The molecule has 6 nitrogen and oxygen atoms in total. The van der Waals surface area contributed by atoms with Crippen LogP contribution < -0.4 is 11.1 Å². The van der Waals surface area contributed by atoms with Gasteiger partial charge in [-0.15, -0.1) is 24.8 Å². The van der Waals surface area contributed by atoms with E-state index in [1.54, 1.807) is 30.9 Å². The number of amides is 2. The van der Waals surface area contributed by atoms with Crippen molar-refractivity contribution in [3.63, 3.8) is 0 Å². The third-order valence-corrected chi connectivity index (χ3v) is 3.91. The van der Waals surface area contributed by atoms with E-state index in [-0.39, 0.29) is 42.5 Å². The molecule has 0 aromatic carbocycles. The lowest BCUT2D eigenvalue weighted by Crippen LogP contribution is -2.53. The predicted octanol–water partition coefficient (Wildman–Crippen LogP) is 2.49. The number of rotatable bonds is 3. The van der Waals surface area contributed by atoms with Crippen LogP contribution in [0.4, 0.5) is 5.82 Å². The number of hydrogen-bond acceptors (Lipinski definition) is 4. The molecule has 1 fully saturated rings. The Hall–Kier alpha value is -1.08. The van der Waals surface area contributed by atoms with Crippen molar-refractivity contribution in [3.8, 4) is 0 Å². The average Bonchev–Trinajstić information content (AvgIpc) is 2.48. The Labute approximate surface area is 159 Å². The number of likely N-dealkylation sites (tertiary alicyclic amines) is 1. The van der Waals surface area contributed by atoms with E-state index >= 15 is 0 Å². The third-order valence-electron chi connectivity index (χ3n) is 3.68. The molecule has 2 heterocycles. The molecule has 24 heavy (non-hydrogen) atoms. The Kier molecular flexibility index (Phi) is 8.99. The maximum absolute atomic E-state index is 12.2. The zero-order valence-electron chi connectivity index (χ0n) is 13.6. The minimum atomic E-state index is -0.873. The van der Waals surface area contributed by atoms with Crippen LogP contribution in [0.5, 0.6) is 0 Å². The largest absolute Gasteiger partial charge is 0.341 e. The summed E-state index contributed by atoms with van der Waals surface area (Å²) in [5.41, 5.74) is 4.96. The van der Waals surface area contributed by atoms with Crippen molar-refractivity contribution in [1.82, 2.24) is 9.88 Å².